The van der Waals surface area contributed by atoms with Crippen LogP contribution in [0, 0.1) is 0 Å². The van der Waals surface area contributed by atoms with Gasteiger partial charge in [-0.25, -0.2) is 0 Å². The van der Waals surface area contributed by atoms with Crippen molar-refractivity contribution in [3.05, 3.63) is 71.3 Å². The van der Waals surface area contributed by atoms with E-state index >= 15 is 0 Å². The second-order valence-corrected chi connectivity index (χ2v) is 6.58. The van der Waals surface area contributed by atoms with E-state index in [1.165, 1.54) is 0 Å². The van der Waals surface area contributed by atoms with Gasteiger partial charge in [0.2, 0.25) is 0 Å². The molecule has 1 amide bonds. The SMILES string of the molecule is O=C1c2ccccc2[C@](O)(Cc2ccccc2)N1C[C@H]1CCCO1. The van der Waals surface area contributed by atoms with Gasteiger partial charge in [0.05, 0.1) is 12.6 Å². The van der Waals surface area contributed by atoms with Crippen LogP contribution in [-0.4, -0.2) is 35.2 Å². The molecule has 2 atom stereocenters. The summed E-state index contributed by atoms with van der Waals surface area (Å²) in [6.07, 6.45) is 2.33. The molecule has 4 rings (SSSR count). The Morgan fingerprint density at radius 2 is 1.88 bits per heavy atom. The molecular weight excluding hydrogens is 302 g/mol. The highest BCUT2D eigenvalue weighted by Crippen LogP contribution is 2.40. The molecule has 1 N–H and O–H groups in total. The third-order valence-electron chi connectivity index (χ3n) is 4.98. The highest BCUT2D eigenvalue weighted by molar-refractivity contribution is 5.99. The molecule has 2 aliphatic heterocycles. The maximum Gasteiger partial charge on any atom is 0.256 e. The number of nitrogens with zero attached hydrogens (tertiary/aromatic N) is 1. The maximum atomic E-state index is 12.9. The van der Waals surface area contributed by atoms with Crippen molar-refractivity contribution in [1.29, 1.82) is 0 Å². The molecule has 0 unspecified atom stereocenters. The van der Waals surface area contributed by atoms with Crippen molar-refractivity contribution in [3.63, 3.8) is 0 Å². The number of aliphatic hydroxyl groups is 1. The average Bonchev–Trinajstić information content (AvgIpc) is 3.19. The number of benzene rings is 2. The number of fused-ring (bicyclic) bond motifs is 1. The van der Waals surface area contributed by atoms with Gasteiger partial charge in [0.15, 0.2) is 5.72 Å². The van der Waals surface area contributed by atoms with Crippen LogP contribution in [0.1, 0.15) is 34.3 Å². The van der Waals surface area contributed by atoms with E-state index in [0.29, 0.717) is 24.1 Å². The van der Waals surface area contributed by atoms with Crippen molar-refractivity contribution >= 4 is 5.91 Å². The molecule has 0 spiro atoms. The zero-order valence-electron chi connectivity index (χ0n) is 13.5. The van der Waals surface area contributed by atoms with Gasteiger partial charge in [-0.15, -0.1) is 0 Å². The minimum Gasteiger partial charge on any atom is -0.376 e. The summed E-state index contributed by atoms with van der Waals surface area (Å²) in [5.74, 6) is -0.112. The van der Waals surface area contributed by atoms with Crippen LogP contribution in [-0.2, 0) is 16.9 Å². The Labute approximate surface area is 141 Å². The lowest BCUT2D eigenvalue weighted by molar-refractivity contribution is -0.0973. The summed E-state index contributed by atoms with van der Waals surface area (Å²) in [6, 6.07) is 17.2. The fourth-order valence-corrected chi connectivity index (χ4v) is 3.77. The summed E-state index contributed by atoms with van der Waals surface area (Å²) >= 11 is 0. The van der Waals surface area contributed by atoms with E-state index in [0.717, 1.165) is 25.0 Å². The van der Waals surface area contributed by atoms with Gasteiger partial charge in [0.1, 0.15) is 0 Å². The molecule has 4 heteroatoms. The molecule has 1 fully saturated rings. The lowest BCUT2D eigenvalue weighted by Gasteiger charge is -2.36. The number of carbonyl (C=O) groups is 1. The zero-order valence-corrected chi connectivity index (χ0v) is 13.5. The van der Waals surface area contributed by atoms with Gasteiger partial charge in [0, 0.05) is 24.2 Å². The monoisotopic (exact) mass is 323 g/mol. The molecule has 2 aromatic carbocycles. The quantitative estimate of drug-likeness (QED) is 0.941. The van der Waals surface area contributed by atoms with Gasteiger partial charge in [-0.2, -0.15) is 0 Å². The summed E-state index contributed by atoms with van der Waals surface area (Å²) in [5, 5.41) is 11.5. The van der Waals surface area contributed by atoms with Crippen LogP contribution in [0.2, 0.25) is 0 Å². The molecule has 4 nitrogen and oxygen atoms in total. The molecule has 0 saturated carbocycles. The maximum absolute atomic E-state index is 12.9. The second-order valence-electron chi connectivity index (χ2n) is 6.58. The molecular formula is C20H21NO3. The molecule has 1 saturated heterocycles. The first kappa shape index (κ1) is 15.4. The fraction of sp³-hybridized carbons (Fsp3) is 0.350. The van der Waals surface area contributed by atoms with Crippen molar-refractivity contribution in [1.82, 2.24) is 4.90 Å². The second kappa shape index (κ2) is 6.04. The van der Waals surface area contributed by atoms with Crippen LogP contribution < -0.4 is 0 Å². The fourth-order valence-electron chi connectivity index (χ4n) is 3.77. The van der Waals surface area contributed by atoms with Gasteiger partial charge in [-0.3, -0.25) is 4.79 Å². The van der Waals surface area contributed by atoms with E-state index < -0.39 is 5.72 Å². The Balaban J connectivity index is 1.72. The Kier molecular flexibility index (Phi) is 3.87. The standard InChI is InChI=1S/C20H21NO3/c22-19-17-10-4-5-11-18(17)20(23,13-15-7-2-1-3-8-15)21(19)14-16-9-6-12-24-16/h1-5,7-8,10-11,16,23H,6,9,12-14H2/t16-,20-/m1/s1. The van der Waals surface area contributed by atoms with Gasteiger partial charge in [0.25, 0.3) is 5.91 Å². The normalized spacial score (nSPS) is 26.0. The number of carbonyl (C=O) groups excluding carboxylic acids is 1. The van der Waals surface area contributed by atoms with Gasteiger partial charge in [-0.1, -0.05) is 48.5 Å². The van der Waals surface area contributed by atoms with Crippen LogP contribution in [0.15, 0.2) is 54.6 Å². The molecule has 0 aliphatic carbocycles. The van der Waals surface area contributed by atoms with Crippen molar-refractivity contribution < 1.29 is 14.6 Å². The summed E-state index contributed by atoms with van der Waals surface area (Å²) in [7, 11) is 0. The van der Waals surface area contributed by atoms with E-state index in [1.54, 1.807) is 11.0 Å². The Morgan fingerprint density at radius 1 is 1.12 bits per heavy atom. The van der Waals surface area contributed by atoms with Crippen molar-refractivity contribution in [2.24, 2.45) is 0 Å². The van der Waals surface area contributed by atoms with Crippen molar-refractivity contribution in [3.8, 4) is 0 Å². The molecule has 0 aromatic heterocycles. The van der Waals surface area contributed by atoms with Gasteiger partial charge in [-0.05, 0) is 24.5 Å². The van der Waals surface area contributed by atoms with E-state index in [9.17, 15) is 9.90 Å². The van der Waals surface area contributed by atoms with Crippen LogP contribution in [0.4, 0.5) is 0 Å². The summed E-state index contributed by atoms with van der Waals surface area (Å²) in [6.45, 7) is 1.16. The average molecular weight is 323 g/mol. The third-order valence-corrected chi connectivity index (χ3v) is 4.98. The van der Waals surface area contributed by atoms with E-state index in [2.05, 4.69) is 0 Å². The van der Waals surface area contributed by atoms with Gasteiger partial charge < -0.3 is 14.7 Å². The summed E-state index contributed by atoms with van der Waals surface area (Å²) in [4.78, 5) is 14.5. The van der Waals surface area contributed by atoms with Crippen LogP contribution in [0.25, 0.3) is 0 Å². The first-order chi connectivity index (χ1) is 11.7. The molecule has 0 radical (unpaired) electrons. The van der Waals surface area contributed by atoms with Gasteiger partial charge >= 0.3 is 0 Å². The molecule has 2 aromatic rings. The molecule has 124 valence electrons. The highest BCUT2D eigenvalue weighted by atomic mass is 16.5. The number of amides is 1. The predicted molar refractivity (Wildman–Crippen MR) is 90.5 cm³/mol. The van der Waals surface area contributed by atoms with Crippen molar-refractivity contribution in [2.75, 3.05) is 13.2 Å². The number of rotatable bonds is 4. The van der Waals surface area contributed by atoms with Crippen LogP contribution in [0.3, 0.4) is 0 Å². The number of hydrogen-bond donors (Lipinski definition) is 1. The lowest BCUT2D eigenvalue weighted by atomic mass is 9.94. The number of ether oxygens (including phenoxy) is 1. The lowest BCUT2D eigenvalue weighted by Crippen LogP contribution is -2.48. The smallest absolute Gasteiger partial charge is 0.256 e. The minimum absolute atomic E-state index is 0.00515. The minimum atomic E-state index is -1.32. The molecule has 24 heavy (non-hydrogen) atoms. The first-order valence-corrected chi connectivity index (χ1v) is 8.48. The number of hydrogen-bond acceptors (Lipinski definition) is 3. The Morgan fingerprint density at radius 3 is 2.62 bits per heavy atom. The summed E-state index contributed by atoms with van der Waals surface area (Å²) in [5.41, 5.74) is 0.966. The molecule has 0 bridgehead atoms. The van der Waals surface area contributed by atoms with E-state index in [-0.39, 0.29) is 12.0 Å². The summed E-state index contributed by atoms with van der Waals surface area (Å²) < 4.78 is 5.70. The predicted octanol–water partition coefficient (Wildman–Crippen LogP) is 2.71. The van der Waals surface area contributed by atoms with Crippen molar-refractivity contribution in [2.45, 2.75) is 31.1 Å². The Bertz CT molecular complexity index is 740. The topological polar surface area (TPSA) is 49.8 Å². The Hall–Kier alpha value is -2.17. The molecule has 2 heterocycles. The van der Waals surface area contributed by atoms with Crippen LogP contribution in [0.5, 0.6) is 0 Å². The zero-order chi connectivity index (χ0) is 16.6. The molecule has 2 aliphatic rings. The first-order valence-electron chi connectivity index (χ1n) is 8.48. The highest BCUT2D eigenvalue weighted by Gasteiger charge is 2.49. The largest absolute Gasteiger partial charge is 0.376 e. The van der Waals surface area contributed by atoms with E-state index in [1.807, 2.05) is 48.5 Å². The van der Waals surface area contributed by atoms with Crippen LogP contribution >= 0.6 is 0 Å². The third kappa shape index (κ3) is 2.52. The van der Waals surface area contributed by atoms with E-state index in [4.69, 9.17) is 4.74 Å².